The zero-order valence-corrected chi connectivity index (χ0v) is 13.2. The maximum absolute atomic E-state index is 4.51. The summed E-state index contributed by atoms with van der Waals surface area (Å²) >= 11 is 0. The minimum Gasteiger partial charge on any atom is -0.368 e. The Labute approximate surface area is 135 Å². The van der Waals surface area contributed by atoms with E-state index in [9.17, 15) is 0 Å². The van der Waals surface area contributed by atoms with Crippen molar-refractivity contribution < 1.29 is 0 Å². The maximum Gasteiger partial charge on any atom is 0.140 e. The number of aryl methyl sites for hydroxylation is 1. The van der Waals surface area contributed by atoms with Crippen LogP contribution in [-0.2, 0) is 0 Å². The molecular weight excluding hydrogens is 286 g/mol. The van der Waals surface area contributed by atoms with Crippen LogP contribution in [0.3, 0.4) is 0 Å². The zero-order chi connectivity index (χ0) is 15.6. The van der Waals surface area contributed by atoms with Crippen molar-refractivity contribution in [3.8, 4) is 0 Å². The molecule has 0 unspecified atom stereocenters. The Balaban J connectivity index is 1.55. The average molecular weight is 305 g/mol. The van der Waals surface area contributed by atoms with Gasteiger partial charge in [0.05, 0.1) is 11.7 Å². The van der Waals surface area contributed by atoms with Crippen LogP contribution in [0, 0.1) is 6.92 Å². The van der Waals surface area contributed by atoms with Gasteiger partial charge in [0, 0.05) is 43.4 Å². The number of anilines is 2. The fourth-order valence-electron chi connectivity index (χ4n) is 3.15. The number of pyridine rings is 1. The van der Waals surface area contributed by atoms with Crippen LogP contribution >= 0.6 is 0 Å². The van der Waals surface area contributed by atoms with Gasteiger partial charge in [0.15, 0.2) is 0 Å². The van der Waals surface area contributed by atoms with Gasteiger partial charge in [-0.15, -0.1) is 0 Å². The van der Waals surface area contributed by atoms with Crippen molar-refractivity contribution in [3.05, 3.63) is 54.6 Å². The molecule has 3 aromatic rings. The van der Waals surface area contributed by atoms with Gasteiger partial charge in [0.2, 0.25) is 0 Å². The highest BCUT2D eigenvalue weighted by atomic mass is 15.3. The summed E-state index contributed by atoms with van der Waals surface area (Å²) < 4.78 is 0. The Morgan fingerprint density at radius 3 is 2.61 bits per heavy atom. The fourth-order valence-corrected chi connectivity index (χ4v) is 3.15. The number of aromatic nitrogens is 3. The molecule has 0 N–H and O–H groups in total. The highest BCUT2D eigenvalue weighted by molar-refractivity contribution is 5.88. The second-order valence-corrected chi connectivity index (χ2v) is 5.90. The first-order valence-electron chi connectivity index (χ1n) is 7.92. The Bertz CT molecular complexity index is 819. The number of nitrogens with zero attached hydrogens (tertiary/aromatic N) is 5. The smallest absolute Gasteiger partial charge is 0.140 e. The normalized spacial score (nSPS) is 15.2. The van der Waals surface area contributed by atoms with Gasteiger partial charge in [-0.3, -0.25) is 4.98 Å². The second-order valence-electron chi connectivity index (χ2n) is 5.90. The van der Waals surface area contributed by atoms with Crippen molar-refractivity contribution in [2.45, 2.75) is 6.92 Å². The van der Waals surface area contributed by atoms with E-state index in [1.165, 1.54) is 11.3 Å². The largest absolute Gasteiger partial charge is 0.368 e. The van der Waals surface area contributed by atoms with Crippen LogP contribution in [0.2, 0.25) is 0 Å². The summed E-state index contributed by atoms with van der Waals surface area (Å²) in [4.78, 5) is 17.7. The number of benzene rings is 1. The van der Waals surface area contributed by atoms with E-state index in [4.69, 9.17) is 0 Å². The lowest BCUT2D eigenvalue weighted by atomic mass is 10.2. The summed E-state index contributed by atoms with van der Waals surface area (Å²) in [5.74, 6) is 1.02. The summed E-state index contributed by atoms with van der Waals surface area (Å²) in [5, 5.41) is 1.08. The molecule has 5 nitrogen and oxygen atoms in total. The third kappa shape index (κ3) is 2.70. The number of hydrogen-bond acceptors (Lipinski definition) is 5. The second kappa shape index (κ2) is 5.83. The maximum atomic E-state index is 4.51. The Hall–Kier alpha value is -2.69. The number of fused-ring (bicyclic) bond motifs is 1. The van der Waals surface area contributed by atoms with Gasteiger partial charge in [0.1, 0.15) is 12.1 Å². The van der Waals surface area contributed by atoms with E-state index in [-0.39, 0.29) is 0 Å². The van der Waals surface area contributed by atoms with Gasteiger partial charge in [0.25, 0.3) is 0 Å². The minimum absolute atomic E-state index is 0.901. The van der Waals surface area contributed by atoms with Crippen molar-refractivity contribution in [1.29, 1.82) is 0 Å². The van der Waals surface area contributed by atoms with Crippen LogP contribution in [0.25, 0.3) is 10.9 Å². The SMILES string of the molecule is Cc1cccc(N2CCN(c3ncnc4cnccc34)CC2)c1. The summed E-state index contributed by atoms with van der Waals surface area (Å²) in [7, 11) is 0. The van der Waals surface area contributed by atoms with Crippen molar-refractivity contribution in [1.82, 2.24) is 15.0 Å². The Kier molecular flexibility index (Phi) is 3.54. The van der Waals surface area contributed by atoms with Crippen LogP contribution in [0.4, 0.5) is 11.5 Å². The molecule has 5 heteroatoms. The van der Waals surface area contributed by atoms with Gasteiger partial charge in [-0.25, -0.2) is 9.97 Å². The zero-order valence-electron chi connectivity index (χ0n) is 13.2. The third-order valence-corrected chi connectivity index (χ3v) is 4.36. The molecule has 116 valence electrons. The van der Waals surface area contributed by atoms with Crippen molar-refractivity contribution in [2.24, 2.45) is 0 Å². The fraction of sp³-hybridized carbons (Fsp3) is 0.278. The van der Waals surface area contributed by atoms with E-state index in [1.807, 2.05) is 6.07 Å². The highest BCUT2D eigenvalue weighted by Crippen LogP contribution is 2.24. The molecule has 1 fully saturated rings. The van der Waals surface area contributed by atoms with Gasteiger partial charge < -0.3 is 9.80 Å². The predicted molar refractivity (Wildman–Crippen MR) is 92.9 cm³/mol. The van der Waals surface area contributed by atoms with Crippen LogP contribution < -0.4 is 9.80 Å². The van der Waals surface area contributed by atoms with E-state index in [2.05, 4.69) is 55.9 Å². The molecule has 0 spiro atoms. The highest BCUT2D eigenvalue weighted by Gasteiger charge is 2.20. The predicted octanol–water partition coefficient (Wildman–Crippen LogP) is 2.66. The molecule has 2 aromatic heterocycles. The molecule has 1 aromatic carbocycles. The first-order chi connectivity index (χ1) is 11.3. The van der Waals surface area contributed by atoms with Gasteiger partial charge >= 0.3 is 0 Å². The molecule has 4 rings (SSSR count). The number of hydrogen-bond donors (Lipinski definition) is 0. The third-order valence-electron chi connectivity index (χ3n) is 4.36. The number of rotatable bonds is 2. The summed E-state index contributed by atoms with van der Waals surface area (Å²) in [5.41, 5.74) is 3.51. The number of piperazine rings is 1. The van der Waals surface area contributed by atoms with Crippen molar-refractivity contribution >= 4 is 22.4 Å². The van der Waals surface area contributed by atoms with Crippen molar-refractivity contribution in [3.63, 3.8) is 0 Å². The van der Waals surface area contributed by atoms with Gasteiger partial charge in [-0.2, -0.15) is 0 Å². The lowest BCUT2D eigenvalue weighted by Crippen LogP contribution is -2.47. The van der Waals surface area contributed by atoms with Gasteiger partial charge in [-0.1, -0.05) is 12.1 Å². The molecular formula is C18H19N5. The van der Waals surface area contributed by atoms with Crippen molar-refractivity contribution in [2.75, 3.05) is 36.0 Å². The molecule has 0 bridgehead atoms. The molecule has 0 amide bonds. The van der Waals surface area contributed by atoms with E-state index >= 15 is 0 Å². The molecule has 1 saturated heterocycles. The summed E-state index contributed by atoms with van der Waals surface area (Å²) in [6.45, 7) is 6.06. The molecule has 23 heavy (non-hydrogen) atoms. The topological polar surface area (TPSA) is 45.2 Å². The first-order valence-corrected chi connectivity index (χ1v) is 7.92. The molecule has 0 saturated carbocycles. The molecule has 0 aliphatic carbocycles. The molecule has 1 aliphatic heterocycles. The lowest BCUT2D eigenvalue weighted by molar-refractivity contribution is 0.648. The monoisotopic (exact) mass is 305 g/mol. The van der Waals surface area contributed by atoms with Gasteiger partial charge in [-0.05, 0) is 30.7 Å². The quantitative estimate of drug-likeness (QED) is 0.728. The summed E-state index contributed by atoms with van der Waals surface area (Å²) in [6.07, 6.45) is 5.23. The summed E-state index contributed by atoms with van der Waals surface area (Å²) in [6, 6.07) is 10.7. The molecule has 0 atom stereocenters. The first kappa shape index (κ1) is 13.9. The Morgan fingerprint density at radius 2 is 1.78 bits per heavy atom. The van der Waals surface area contributed by atoms with E-state index in [1.54, 1.807) is 18.7 Å². The standard InChI is InChI=1S/C18H19N5/c1-14-3-2-4-15(11-14)22-7-9-23(10-8-22)18-16-5-6-19-12-17(16)20-13-21-18/h2-6,11-13H,7-10H2,1H3. The Morgan fingerprint density at radius 1 is 0.957 bits per heavy atom. The van der Waals surface area contributed by atoms with Crippen LogP contribution in [0.15, 0.2) is 49.1 Å². The molecule has 0 radical (unpaired) electrons. The molecule has 3 heterocycles. The van der Waals surface area contributed by atoms with Crippen LogP contribution in [0.1, 0.15) is 5.56 Å². The van der Waals surface area contributed by atoms with E-state index in [0.29, 0.717) is 0 Å². The van der Waals surface area contributed by atoms with Crippen LogP contribution in [0.5, 0.6) is 0 Å². The van der Waals surface area contributed by atoms with E-state index < -0.39 is 0 Å². The minimum atomic E-state index is 0.901. The lowest BCUT2D eigenvalue weighted by Gasteiger charge is -2.37. The van der Waals surface area contributed by atoms with Crippen LogP contribution in [-0.4, -0.2) is 41.1 Å². The molecule has 1 aliphatic rings. The average Bonchev–Trinajstić information content (AvgIpc) is 2.61. The van der Waals surface area contributed by atoms with E-state index in [0.717, 1.165) is 42.9 Å².